The number of thiophene rings is 1. The lowest BCUT2D eigenvalue weighted by molar-refractivity contribution is 0.0671. The maximum absolute atomic E-state index is 12.5. The number of nitrogens with one attached hydrogen (secondary N) is 2. The quantitative estimate of drug-likeness (QED) is 0.743. The summed E-state index contributed by atoms with van der Waals surface area (Å²) in [6.45, 7) is 2.01. The Bertz CT molecular complexity index is 919. The van der Waals surface area contributed by atoms with Crippen LogP contribution < -0.4 is 5.32 Å². The number of hydrogen-bond acceptors (Lipinski definition) is 4. The molecular formula is C19H20N4O2S. The second-order valence-electron chi connectivity index (χ2n) is 6.60. The number of fused-ring (bicyclic) bond motifs is 1. The highest BCUT2D eigenvalue weighted by Gasteiger charge is 2.25. The van der Waals surface area contributed by atoms with Crippen LogP contribution in [-0.2, 0) is 0 Å². The van der Waals surface area contributed by atoms with E-state index in [9.17, 15) is 9.59 Å². The van der Waals surface area contributed by atoms with Crippen molar-refractivity contribution >= 4 is 34.1 Å². The molecule has 1 aliphatic heterocycles. The van der Waals surface area contributed by atoms with Crippen LogP contribution in [0.15, 0.2) is 41.1 Å². The van der Waals surface area contributed by atoms with E-state index in [2.05, 4.69) is 15.5 Å². The van der Waals surface area contributed by atoms with Crippen LogP contribution in [0, 0.1) is 5.92 Å². The van der Waals surface area contributed by atoms with Gasteiger partial charge in [0.05, 0.1) is 11.1 Å². The van der Waals surface area contributed by atoms with Gasteiger partial charge in [-0.3, -0.25) is 14.7 Å². The molecule has 26 heavy (non-hydrogen) atoms. The van der Waals surface area contributed by atoms with Crippen molar-refractivity contribution in [3.05, 3.63) is 52.3 Å². The largest absolute Gasteiger partial charge is 0.350 e. The monoisotopic (exact) mass is 368 g/mol. The average Bonchev–Trinajstić information content (AvgIpc) is 3.35. The van der Waals surface area contributed by atoms with Crippen LogP contribution in [0.25, 0.3) is 10.9 Å². The van der Waals surface area contributed by atoms with Crippen molar-refractivity contribution in [2.45, 2.75) is 12.8 Å². The first-order valence-electron chi connectivity index (χ1n) is 8.75. The van der Waals surface area contributed by atoms with Gasteiger partial charge in [-0.2, -0.15) is 16.4 Å². The molecule has 134 valence electrons. The number of aromatic amines is 1. The van der Waals surface area contributed by atoms with E-state index in [4.69, 9.17) is 0 Å². The third-order valence-corrected chi connectivity index (χ3v) is 5.49. The highest BCUT2D eigenvalue weighted by molar-refractivity contribution is 7.08. The fraction of sp³-hybridized carbons (Fsp3) is 0.316. The number of nitrogens with zero attached hydrogens (tertiary/aromatic N) is 2. The van der Waals surface area contributed by atoms with Gasteiger partial charge in [-0.05, 0) is 36.3 Å². The van der Waals surface area contributed by atoms with Crippen LogP contribution in [-0.4, -0.2) is 46.5 Å². The van der Waals surface area contributed by atoms with Gasteiger partial charge in [-0.25, -0.2) is 0 Å². The van der Waals surface area contributed by atoms with Crippen molar-refractivity contribution in [3.8, 4) is 0 Å². The number of H-pyrrole nitrogens is 1. The summed E-state index contributed by atoms with van der Waals surface area (Å²) in [5, 5.41) is 14.6. The van der Waals surface area contributed by atoms with E-state index in [0.29, 0.717) is 18.8 Å². The molecule has 0 unspecified atom stereocenters. The van der Waals surface area contributed by atoms with Crippen LogP contribution in [0.4, 0.5) is 0 Å². The van der Waals surface area contributed by atoms with Crippen molar-refractivity contribution in [1.29, 1.82) is 0 Å². The molecular weight excluding hydrogens is 348 g/mol. The van der Waals surface area contributed by atoms with E-state index in [1.54, 1.807) is 0 Å². The second-order valence-corrected chi connectivity index (χ2v) is 7.38. The average molecular weight is 368 g/mol. The summed E-state index contributed by atoms with van der Waals surface area (Å²) < 4.78 is 0. The minimum absolute atomic E-state index is 0.0839. The Labute approximate surface area is 155 Å². The van der Waals surface area contributed by atoms with Gasteiger partial charge in [0.25, 0.3) is 11.8 Å². The molecule has 2 N–H and O–H groups in total. The molecule has 4 rings (SSSR count). The van der Waals surface area contributed by atoms with Crippen molar-refractivity contribution in [2.75, 3.05) is 19.6 Å². The lowest BCUT2D eigenvalue weighted by atomic mass is 9.97. The number of carbonyl (C=O) groups is 2. The summed E-state index contributed by atoms with van der Waals surface area (Å²) in [7, 11) is 0. The predicted octanol–water partition coefficient (Wildman–Crippen LogP) is 2.91. The van der Waals surface area contributed by atoms with Gasteiger partial charge >= 0.3 is 0 Å². The van der Waals surface area contributed by atoms with Gasteiger partial charge in [-0.1, -0.05) is 18.2 Å². The molecule has 1 fully saturated rings. The zero-order valence-electron chi connectivity index (χ0n) is 14.3. The van der Waals surface area contributed by atoms with E-state index >= 15 is 0 Å². The first-order chi connectivity index (χ1) is 12.7. The smallest absolute Gasteiger partial charge is 0.272 e. The van der Waals surface area contributed by atoms with Crippen LogP contribution in [0.1, 0.15) is 33.7 Å². The van der Waals surface area contributed by atoms with E-state index in [-0.39, 0.29) is 17.7 Å². The third-order valence-electron chi connectivity index (χ3n) is 4.81. The Morgan fingerprint density at radius 2 is 2.19 bits per heavy atom. The lowest BCUT2D eigenvalue weighted by Gasteiger charge is -2.32. The van der Waals surface area contributed by atoms with E-state index < -0.39 is 0 Å². The molecule has 3 aromatic rings. The summed E-state index contributed by atoms with van der Waals surface area (Å²) in [5.41, 5.74) is 2.02. The van der Waals surface area contributed by atoms with Gasteiger partial charge in [0, 0.05) is 30.4 Å². The number of hydrogen-bond donors (Lipinski definition) is 2. The Balaban J connectivity index is 1.37. The summed E-state index contributed by atoms with van der Waals surface area (Å²) in [5.74, 6) is 0.171. The molecule has 0 spiro atoms. The highest BCUT2D eigenvalue weighted by Crippen LogP contribution is 2.20. The molecule has 0 bridgehead atoms. The lowest BCUT2D eigenvalue weighted by Crippen LogP contribution is -2.43. The molecule has 0 aliphatic carbocycles. The van der Waals surface area contributed by atoms with Crippen molar-refractivity contribution < 1.29 is 9.59 Å². The number of para-hydroxylation sites is 1. The molecule has 0 saturated carbocycles. The predicted molar refractivity (Wildman–Crippen MR) is 101 cm³/mol. The minimum Gasteiger partial charge on any atom is -0.350 e. The highest BCUT2D eigenvalue weighted by atomic mass is 32.1. The van der Waals surface area contributed by atoms with Gasteiger partial charge in [0.2, 0.25) is 0 Å². The molecule has 7 heteroatoms. The molecule has 2 aromatic heterocycles. The van der Waals surface area contributed by atoms with Crippen LogP contribution >= 0.6 is 11.3 Å². The number of aromatic nitrogens is 2. The van der Waals surface area contributed by atoms with E-state index in [0.717, 1.165) is 35.9 Å². The minimum atomic E-state index is -0.177. The number of amides is 2. The molecule has 6 nitrogen and oxygen atoms in total. The fourth-order valence-electron chi connectivity index (χ4n) is 3.44. The van der Waals surface area contributed by atoms with Crippen LogP contribution in [0.5, 0.6) is 0 Å². The standard InChI is InChI=1S/C19H20N4O2S/c24-18(17-15-5-1-2-6-16(15)21-22-17)20-10-13-4-3-8-23(11-13)19(25)14-7-9-26-12-14/h1-2,5-7,9,12-13H,3-4,8,10-11H2,(H,20,24)(H,21,22)/t13-/m0/s1. The Morgan fingerprint density at radius 3 is 3.04 bits per heavy atom. The molecule has 2 amide bonds. The number of rotatable bonds is 4. The molecule has 1 atom stereocenters. The first-order valence-corrected chi connectivity index (χ1v) is 9.69. The zero-order chi connectivity index (χ0) is 17.9. The molecule has 1 aliphatic rings. The fourth-order valence-corrected chi connectivity index (χ4v) is 4.07. The van der Waals surface area contributed by atoms with E-state index in [1.807, 2.05) is 46.0 Å². The third kappa shape index (κ3) is 3.35. The summed E-state index contributed by atoms with van der Waals surface area (Å²) in [6, 6.07) is 9.44. The number of piperidine rings is 1. The van der Waals surface area contributed by atoms with Crippen LogP contribution in [0.2, 0.25) is 0 Å². The normalized spacial score (nSPS) is 17.4. The second kappa shape index (κ2) is 7.29. The van der Waals surface area contributed by atoms with Crippen molar-refractivity contribution in [1.82, 2.24) is 20.4 Å². The number of likely N-dealkylation sites (tertiary alicyclic amines) is 1. The van der Waals surface area contributed by atoms with E-state index in [1.165, 1.54) is 11.3 Å². The Kier molecular flexibility index (Phi) is 4.71. The summed E-state index contributed by atoms with van der Waals surface area (Å²) in [6.07, 6.45) is 1.97. The molecule has 1 aromatic carbocycles. The zero-order valence-corrected chi connectivity index (χ0v) is 15.1. The summed E-state index contributed by atoms with van der Waals surface area (Å²) in [4.78, 5) is 26.9. The van der Waals surface area contributed by atoms with Gasteiger partial charge in [-0.15, -0.1) is 0 Å². The summed E-state index contributed by atoms with van der Waals surface area (Å²) >= 11 is 1.53. The Hall–Kier alpha value is -2.67. The maximum Gasteiger partial charge on any atom is 0.272 e. The molecule has 1 saturated heterocycles. The van der Waals surface area contributed by atoms with Crippen LogP contribution in [0.3, 0.4) is 0 Å². The van der Waals surface area contributed by atoms with Crippen molar-refractivity contribution in [3.63, 3.8) is 0 Å². The number of benzene rings is 1. The maximum atomic E-state index is 12.5. The SMILES string of the molecule is O=C(NC[C@@H]1CCCN(C(=O)c2ccsc2)C1)c1n[nH]c2ccccc12. The van der Waals surface area contributed by atoms with Gasteiger partial charge in [0.15, 0.2) is 5.69 Å². The van der Waals surface area contributed by atoms with Gasteiger partial charge < -0.3 is 10.2 Å². The molecule has 3 heterocycles. The topological polar surface area (TPSA) is 78.1 Å². The Morgan fingerprint density at radius 1 is 1.31 bits per heavy atom. The number of carbonyl (C=O) groups excluding carboxylic acids is 2. The van der Waals surface area contributed by atoms with Crippen molar-refractivity contribution in [2.24, 2.45) is 5.92 Å². The molecule has 0 radical (unpaired) electrons. The van der Waals surface area contributed by atoms with Gasteiger partial charge in [0.1, 0.15) is 0 Å². The first kappa shape index (κ1) is 16.8.